The van der Waals surface area contributed by atoms with Crippen LogP contribution in [-0.4, -0.2) is 28.2 Å². The van der Waals surface area contributed by atoms with E-state index in [0.29, 0.717) is 23.1 Å². The SMILES string of the molecule is CC.CC(C)(C)OC=O.CCC1CCC(c2ccc(C(=O)Nc3nnc(CSCc4ccccc4)s3)cc2)CC1. The van der Waals surface area contributed by atoms with Crippen LogP contribution in [0.1, 0.15) is 106 Å². The van der Waals surface area contributed by atoms with Crippen LogP contribution < -0.4 is 5.32 Å². The lowest BCUT2D eigenvalue weighted by atomic mass is 9.78. The number of hydrogen-bond donors (Lipinski definition) is 1. The second-order valence-corrected chi connectivity index (χ2v) is 12.6. The molecule has 218 valence electrons. The molecule has 0 bridgehead atoms. The molecule has 1 amide bonds. The predicted molar refractivity (Wildman–Crippen MR) is 169 cm³/mol. The monoisotopic (exact) mass is 583 g/mol. The topological polar surface area (TPSA) is 81.2 Å². The molecule has 0 spiro atoms. The van der Waals surface area contributed by atoms with Gasteiger partial charge in [-0.1, -0.05) is 81.0 Å². The van der Waals surface area contributed by atoms with Crippen molar-refractivity contribution in [2.24, 2.45) is 5.92 Å². The third-order valence-corrected chi connectivity index (χ3v) is 8.53. The molecule has 40 heavy (non-hydrogen) atoms. The Balaban J connectivity index is 0.000000545. The summed E-state index contributed by atoms with van der Waals surface area (Å²) >= 11 is 3.24. The van der Waals surface area contributed by atoms with Crippen LogP contribution in [0.25, 0.3) is 0 Å². The van der Waals surface area contributed by atoms with E-state index in [-0.39, 0.29) is 11.5 Å². The molecule has 2 aromatic carbocycles. The Morgan fingerprint density at radius 1 is 1.00 bits per heavy atom. The maximum Gasteiger partial charge on any atom is 0.293 e. The summed E-state index contributed by atoms with van der Waals surface area (Å²) in [7, 11) is 0. The average molecular weight is 584 g/mol. The number of nitrogens with zero attached hydrogens (tertiary/aromatic N) is 2. The minimum Gasteiger partial charge on any atom is -0.462 e. The lowest BCUT2D eigenvalue weighted by Crippen LogP contribution is -2.17. The van der Waals surface area contributed by atoms with Crippen molar-refractivity contribution < 1.29 is 14.3 Å². The van der Waals surface area contributed by atoms with Crippen LogP contribution in [0.5, 0.6) is 0 Å². The van der Waals surface area contributed by atoms with Gasteiger partial charge in [-0.25, -0.2) is 0 Å². The highest BCUT2D eigenvalue weighted by molar-refractivity contribution is 7.97. The van der Waals surface area contributed by atoms with Gasteiger partial charge in [0.15, 0.2) is 0 Å². The first-order valence-electron chi connectivity index (χ1n) is 14.2. The number of ether oxygens (including phenoxy) is 1. The molecule has 0 aliphatic heterocycles. The first kappa shape index (κ1) is 33.5. The fraction of sp³-hybridized carbons (Fsp3) is 0.500. The summed E-state index contributed by atoms with van der Waals surface area (Å²) in [4.78, 5) is 22.2. The molecule has 1 fully saturated rings. The lowest BCUT2D eigenvalue weighted by molar-refractivity contribution is -0.138. The quantitative estimate of drug-likeness (QED) is 0.253. The van der Waals surface area contributed by atoms with Crippen LogP contribution in [-0.2, 0) is 21.0 Å². The number of aromatic nitrogens is 2. The Kier molecular flexibility index (Phi) is 15.0. The zero-order valence-electron chi connectivity index (χ0n) is 24.8. The molecular formula is C32H45N3O3S2. The Morgan fingerprint density at radius 3 is 2.20 bits per heavy atom. The molecule has 1 heterocycles. The molecule has 3 aromatic rings. The fourth-order valence-corrected chi connectivity index (χ4v) is 6.10. The van der Waals surface area contributed by atoms with Crippen molar-refractivity contribution in [2.45, 2.75) is 96.7 Å². The molecule has 1 aromatic heterocycles. The summed E-state index contributed by atoms with van der Waals surface area (Å²) in [6.45, 7) is 12.2. The van der Waals surface area contributed by atoms with E-state index in [1.54, 1.807) is 11.8 Å². The second kappa shape index (κ2) is 17.9. The van der Waals surface area contributed by atoms with Gasteiger partial charge in [-0.3, -0.25) is 14.9 Å². The molecule has 8 heteroatoms. The second-order valence-electron chi connectivity index (χ2n) is 10.5. The zero-order valence-corrected chi connectivity index (χ0v) is 26.4. The third kappa shape index (κ3) is 12.2. The van der Waals surface area contributed by atoms with Gasteiger partial charge in [-0.2, -0.15) is 0 Å². The summed E-state index contributed by atoms with van der Waals surface area (Å²) in [6.07, 6.45) is 6.48. The van der Waals surface area contributed by atoms with Crippen molar-refractivity contribution in [1.29, 1.82) is 0 Å². The Labute approximate surface area is 248 Å². The van der Waals surface area contributed by atoms with E-state index in [2.05, 4.69) is 63.6 Å². The molecular weight excluding hydrogens is 539 g/mol. The van der Waals surface area contributed by atoms with Gasteiger partial charge in [0.2, 0.25) is 5.13 Å². The predicted octanol–water partition coefficient (Wildman–Crippen LogP) is 8.89. The largest absolute Gasteiger partial charge is 0.462 e. The average Bonchev–Trinajstić information content (AvgIpc) is 3.41. The summed E-state index contributed by atoms with van der Waals surface area (Å²) in [5.74, 6) is 3.14. The molecule has 1 aliphatic carbocycles. The van der Waals surface area contributed by atoms with Crippen molar-refractivity contribution >= 4 is 40.6 Å². The zero-order chi connectivity index (χ0) is 29.4. The maximum atomic E-state index is 12.6. The number of benzene rings is 2. The highest BCUT2D eigenvalue weighted by Gasteiger charge is 2.21. The first-order chi connectivity index (χ1) is 19.3. The molecule has 0 radical (unpaired) electrons. The van der Waals surface area contributed by atoms with Crippen molar-refractivity contribution in [3.8, 4) is 0 Å². The number of rotatable bonds is 9. The highest BCUT2D eigenvalue weighted by Crippen LogP contribution is 2.37. The summed E-state index contributed by atoms with van der Waals surface area (Å²) in [5.41, 5.74) is 3.01. The van der Waals surface area contributed by atoms with Gasteiger partial charge in [0, 0.05) is 17.1 Å². The van der Waals surface area contributed by atoms with E-state index in [4.69, 9.17) is 0 Å². The smallest absolute Gasteiger partial charge is 0.293 e. The lowest BCUT2D eigenvalue weighted by Gasteiger charge is -2.28. The van der Waals surface area contributed by atoms with Gasteiger partial charge in [0.05, 0.1) is 0 Å². The first-order valence-corrected chi connectivity index (χ1v) is 16.2. The molecule has 0 unspecified atom stereocenters. The molecule has 0 atom stereocenters. The molecule has 6 nitrogen and oxygen atoms in total. The normalized spacial score (nSPS) is 16.4. The van der Waals surface area contributed by atoms with E-state index in [1.165, 1.54) is 54.6 Å². The third-order valence-electron chi connectivity index (χ3n) is 6.49. The van der Waals surface area contributed by atoms with Crippen molar-refractivity contribution in [1.82, 2.24) is 10.2 Å². The van der Waals surface area contributed by atoms with E-state index < -0.39 is 0 Å². The molecule has 1 N–H and O–H groups in total. The Hall–Kier alpha value is -2.71. The van der Waals surface area contributed by atoms with Gasteiger partial charge in [0.1, 0.15) is 10.6 Å². The molecule has 0 saturated heterocycles. The van der Waals surface area contributed by atoms with Crippen LogP contribution in [0.15, 0.2) is 54.6 Å². The van der Waals surface area contributed by atoms with E-state index >= 15 is 0 Å². The number of nitrogens with one attached hydrogen (secondary N) is 1. The molecule has 4 rings (SSSR count). The number of carbonyl (C=O) groups excluding carboxylic acids is 2. The van der Waals surface area contributed by atoms with Crippen molar-refractivity contribution in [2.75, 3.05) is 5.32 Å². The van der Waals surface area contributed by atoms with Crippen LogP contribution in [0, 0.1) is 5.92 Å². The standard InChI is InChI=1S/C25H29N3OS2.C5H10O2.C2H6/c1-2-18-8-10-20(11-9-18)21-12-14-22(15-13-21)24(29)26-25-28-27-23(31-25)17-30-16-19-6-4-3-5-7-19;1-5(2,3)7-4-6;1-2/h3-7,12-15,18,20H,2,8-11,16-17H2,1H3,(H,26,28,29);4H,1-3H3;1-2H3. The Morgan fingerprint density at radius 2 is 1.65 bits per heavy atom. The number of amides is 1. The number of anilines is 1. The van der Waals surface area contributed by atoms with Crippen molar-refractivity contribution in [3.63, 3.8) is 0 Å². The molecule has 1 aliphatic rings. The maximum absolute atomic E-state index is 12.6. The van der Waals surface area contributed by atoms with Gasteiger partial charge < -0.3 is 4.74 Å². The minimum atomic E-state index is -0.318. The van der Waals surface area contributed by atoms with Gasteiger partial charge in [-0.15, -0.1) is 22.0 Å². The Bertz CT molecular complexity index is 1120. The van der Waals surface area contributed by atoms with Crippen LogP contribution >= 0.6 is 23.1 Å². The minimum absolute atomic E-state index is 0.124. The van der Waals surface area contributed by atoms with Crippen LogP contribution in [0.2, 0.25) is 0 Å². The number of hydrogen-bond acceptors (Lipinski definition) is 7. The van der Waals surface area contributed by atoms with E-state index in [1.807, 2.05) is 52.8 Å². The van der Waals surface area contributed by atoms with Crippen LogP contribution in [0.4, 0.5) is 5.13 Å². The van der Waals surface area contributed by atoms with E-state index in [9.17, 15) is 9.59 Å². The van der Waals surface area contributed by atoms with Crippen molar-refractivity contribution in [3.05, 3.63) is 76.3 Å². The number of carbonyl (C=O) groups is 2. The van der Waals surface area contributed by atoms with Gasteiger partial charge in [0.25, 0.3) is 12.4 Å². The van der Waals surface area contributed by atoms with E-state index in [0.717, 1.165) is 22.4 Å². The fourth-order valence-electron chi connectivity index (χ4n) is 4.32. The van der Waals surface area contributed by atoms with Gasteiger partial charge >= 0.3 is 0 Å². The highest BCUT2D eigenvalue weighted by atomic mass is 32.2. The summed E-state index contributed by atoms with van der Waals surface area (Å²) in [6, 6.07) is 18.5. The van der Waals surface area contributed by atoms with Gasteiger partial charge in [-0.05, 0) is 81.5 Å². The summed E-state index contributed by atoms with van der Waals surface area (Å²) < 4.78 is 4.55. The van der Waals surface area contributed by atoms with Crippen LogP contribution in [0.3, 0.4) is 0 Å². The molecule has 1 saturated carbocycles. The number of thioether (sulfide) groups is 1. The summed E-state index contributed by atoms with van der Waals surface area (Å²) in [5, 5.41) is 12.7.